The Kier molecular flexibility index (Phi) is 3.82. The highest BCUT2D eigenvalue weighted by molar-refractivity contribution is 9.11. The molecule has 1 aromatic heterocycles. The average molecular weight is 301 g/mol. The van der Waals surface area contributed by atoms with E-state index in [-0.39, 0.29) is 12.1 Å². The van der Waals surface area contributed by atoms with E-state index in [2.05, 4.69) is 22.0 Å². The van der Waals surface area contributed by atoms with Crippen LogP contribution < -0.4 is 0 Å². The van der Waals surface area contributed by atoms with Crippen molar-refractivity contribution in [1.82, 2.24) is 0 Å². The topological polar surface area (TPSA) is 26.3 Å². The smallest absolute Gasteiger partial charge is 0.348 e. The Balaban J connectivity index is 1.96. The van der Waals surface area contributed by atoms with Gasteiger partial charge < -0.3 is 4.74 Å². The second kappa shape index (κ2) is 5.15. The molecule has 0 fully saturated rings. The van der Waals surface area contributed by atoms with Gasteiger partial charge in [0.1, 0.15) is 11.0 Å². The third kappa shape index (κ3) is 2.74. The van der Waals surface area contributed by atoms with Crippen molar-refractivity contribution in [2.45, 2.75) is 32.3 Å². The van der Waals surface area contributed by atoms with Crippen molar-refractivity contribution in [3.8, 4) is 0 Å². The van der Waals surface area contributed by atoms with Gasteiger partial charge in [0.05, 0.1) is 0 Å². The first kappa shape index (κ1) is 11.9. The molecule has 0 amide bonds. The highest BCUT2D eigenvalue weighted by Crippen LogP contribution is 2.26. The SMILES string of the molecule is Cc1ccsc1C(=O)OC1CC=C(Br)CC1. The van der Waals surface area contributed by atoms with Gasteiger partial charge in [0.15, 0.2) is 0 Å². The number of aryl methyl sites for hydroxylation is 1. The first-order chi connectivity index (χ1) is 7.66. The Hall–Kier alpha value is -0.610. The molecule has 1 unspecified atom stereocenters. The molecule has 4 heteroatoms. The van der Waals surface area contributed by atoms with E-state index in [1.165, 1.54) is 15.8 Å². The first-order valence-electron chi connectivity index (χ1n) is 5.26. The number of hydrogen-bond acceptors (Lipinski definition) is 3. The van der Waals surface area contributed by atoms with Crippen molar-refractivity contribution in [3.05, 3.63) is 32.4 Å². The van der Waals surface area contributed by atoms with Gasteiger partial charge in [-0.1, -0.05) is 22.0 Å². The Morgan fingerprint density at radius 2 is 2.44 bits per heavy atom. The van der Waals surface area contributed by atoms with Crippen LogP contribution >= 0.6 is 27.3 Å². The summed E-state index contributed by atoms with van der Waals surface area (Å²) in [6.45, 7) is 1.93. The minimum absolute atomic E-state index is 0.0373. The fourth-order valence-electron chi connectivity index (χ4n) is 1.67. The van der Waals surface area contributed by atoms with E-state index in [1.54, 1.807) is 0 Å². The van der Waals surface area contributed by atoms with Gasteiger partial charge in [-0.25, -0.2) is 4.79 Å². The molecule has 1 atom stereocenters. The molecule has 1 aromatic rings. The van der Waals surface area contributed by atoms with Crippen molar-refractivity contribution >= 4 is 33.2 Å². The molecule has 0 N–H and O–H groups in total. The van der Waals surface area contributed by atoms with Crippen LogP contribution in [0.25, 0.3) is 0 Å². The Morgan fingerprint density at radius 3 is 3.00 bits per heavy atom. The number of hydrogen-bond donors (Lipinski definition) is 0. The summed E-state index contributed by atoms with van der Waals surface area (Å²) in [6, 6.07) is 1.94. The van der Waals surface area contributed by atoms with Gasteiger partial charge in [0, 0.05) is 6.42 Å². The zero-order chi connectivity index (χ0) is 11.5. The molecular formula is C12H13BrO2S. The largest absolute Gasteiger partial charge is 0.458 e. The van der Waals surface area contributed by atoms with Crippen LogP contribution in [0.1, 0.15) is 34.5 Å². The lowest BCUT2D eigenvalue weighted by Gasteiger charge is -2.19. The lowest BCUT2D eigenvalue weighted by atomic mass is 10.0. The number of carbonyl (C=O) groups is 1. The highest BCUT2D eigenvalue weighted by Gasteiger charge is 2.20. The van der Waals surface area contributed by atoms with Crippen LogP contribution in [0, 0.1) is 6.92 Å². The zero-order valence-electron chi connectivity index (χ0n) is 9.03. The minimum Gasteiger partial charge on any atom is -0.458 e. The van der Waals surface area contributed by atoms with E-state index in [0.29, 0.717) is 0 Å². The fourth-order valence-corrected chi connectivity index (χ4v) is 2.89. The van der Waals surface area contributed by atoms with Gasteiger partial charge in [-0.05, 0) is 41.3 Å². The van der Waals surface area contributed by atoms with Gasteiger partial charge in [0.25, 0.3) is 0 Å². The van der Waals surface area contributed by atoms with Crippen molar-refractivity contribution in [3.63, 3.8) is 0 Å². The normalized spacial score (nSPS) is 20.4. The van der Waals surface area contributed by atoms with Crippen LogP contribution in [0.3, 0.4) is 0 Å². The van der Waals surface area contributed by atoms with E-state index in [9.17, 15) is 4.79 Å². The summed E-state index contributed by atoms with van der Waals surface area (Å²) in [7, 11) is 0. The standard InChI is InChI=1S/C12H13BrO2S/c1-8-6-7-16-11(8)12(14)15-10-4-2-9(13)3-5-10/h2,6-7,10H,3-5H2,1H3. The van der Waals surface area contributed by atoms with E-state index in [4.69, 9.17) is 4.74 Å². The third-order valence-corrected chi connectivity index (χ3v) is 4.35. The first-order valence-corrected chi connectivity index (χ1v) is 6.93. The van der Waals surface area contributed by atoms with Gasteiger partial charge in [-0.2, -0.15) is 0 Å². The molecule has 1 aliphatic carbocycles. The van der Waals surface area contributed by atoms with Crippen LogP contribution in [0.5, 0.6) is 0 Å². The quantitative estimate of drug-likeness (QED) is 0.770. The molecule has 0 aliphatic heterocycles. The Morgan fingerprint density at radius 1 is 1.62 bits per heavy atom. The summed E-state index contributed by atoms with van der Waals surface area (Å²) < 4.78 is 6.69. The van der Waals surface area contributed by atoms with Crippen LogP contribution in [0.2, 0.25) is 0 Å². The number of ether oxygens (including phenoxy) is 1. The van der Waals surface area contributed by atoms with Crippen molar-refractivity contribution in [2.24, 2.45) is 0 Å². The molecule has 0 saturated carbocycles. The van der Waals surface area contributed by atoms with Crippen molar-refractivity contribution < 1.29 is 9.53 Å². The molecule has 1 heterocycles. The van der Waals surface area contributed by atoms with Crippen LogP contribution in [0.4, 0.5) is 0 Å². The summed E-state index contributed by atoms with van der Waals surface area (Å²) in [5, 5.41) is 1.92. The summed E-state index contributed by atoms with van der Waals surface area (Å²) in [5.74, 6) is -0.177. The van der Waals surface area contributed by atoms with Gasteiger partial charge in [-0.15, -0.1) is 11.3 Å². The average Bonchev–Trinajstić information content (AvgIpc) is 2.68. The van der Waals surface area contributed by atoms with Crippen molar-refractivity contribution in [1.29, 1.82) is 0 Å². The lowest BCUT2D eigenvalue weighted by Crippen LogP contribution is -2.19. The molecular weight excluding hydrogens is 288 g/mol. The van der Waals surface area contributed by atoms with E-state index < -0.39 is 0 Å². The summed E-state index contributed by atoms with van der Waals surface area (Å²) in [5.41, 5.74) is 1.00. The zero-order valence-corrected chi connectivity index (χ0v) is 11.4. The second-order valence-electron chi connectivity index (χ2n) is 3.89. The van der Waals surface area contributed by atoms with Crippen LogP contribution in [-0.4, -0.2) is 12.1 Å². The number of allylic oxidation sites excluding steroid dienone is 1. The molecule has 16 heavy (non-hydrogen) atoms. The maximum atomic E-state index is 11.8. The molecule has 0 saturated heterocycles. The fraction of sp³-hybridized carbons (Fsp3) is 0.417. The van der Waals surface area contributed by atoms with Crippen molar-refractivity contribution in [2.75, 3.05) is 0 Å². The molecule has 2 rings (SSSR count). The second-order valence-corrected chi connectivity index (χ2v) is 5.82. The molecule has 0 aromatic carbocycles. The Bertz CT molecular complexity index is 422. The van der Waals surface area contributed by atoms with E-state index >= 15 is 0 Å². The highest BCUT2D eigenvalue weighted by atomic mass is 79.9. The van der Waals surface area contributed by atoms with Gasteiger partial charge >= 0.3 is 5.97 Å². The predicted molar refractivity (Wildman–Crippen MR) is 69.1 cm³/mol. The van der Waals surface area contributed by atoms with Crippen LogP contribution in [0.15, 0.2) is 22.0 Å². The molecule has 0 radical (unpaired) electrons. The summed E-state index contributed by atoms with van der Waals surface area (Å²) >= 11 is 4.90. The molecule has 86 valence electrons. The Labute approximate surface area is 107 Å². The number of halogens is 1. The molecule has 0 spiro atoms. The molecule has 0 bridgehead atoms. The lowest BCUT2D eigenvalue weighted by molar-refractivity contribution is 0.0287. The third-order valence-electron chi connectivity index (χ3n) is 2.63. The summed E-state index contributed by atoms with van der Waals surface area (Å²) in [4.78, 5) is 12.6. The van der Waals surface area contributed by atoms with E-state index in [1.807, 2.05) is 18.4 Å². The minimum atomic E-state index is -0.177. The van der Waals surface area contributed by atoms with E-state index in [0.717, 1.165) is 29.7 Å². The molecule has 1 aliphatic rings. The van der Waals surface area contributed by atoms with Gasteiger partial charge in [0.2, 0.25) is 0 Å². The number of thiophene rings is 1. The van der Waals surface area contributed by atoms with Crippen LogP contribution in [-0.2, 0) is 4.74 Å². The molecule has 2 nitrogen and oxygen atoms in total. The van der Waals surface area contributed by atoms with Gasteiger partial charge in [-0.3, -0.25) is 0 Å². The number of rotatable bonds is 2. The monoisotopic (exact) mass is 300 g/mol. The predicted octanol–water partition coefficient (Wildman–Crippen LogP) is 4.04. The number of esters is 1. The maximum Gasteiger partial charge on any atom is 0.348 e. The number of carbonyl (C=O) groups excluding carboxylic acids is 1. The summed E-state index contributed by atoms with van der Waals surface area (Å²) in [6.07, 6.45) is 4.81. The maximum absolute atomic E-state index is 11.8.